The van der Waals surface area contributed by atoms with Crippen molar-refractivity contribution in [3.8, 4) is 0 Å². The summed E-state index contributed by atoms with van der Waals surface area (Å²) in [6, 6.07) is 8.53. The molecule has 16 heavy (non-hydrogen) atoms. The Bertz CT molecular complexity index is 299. The van der Waals surface area contributed by atoms with Crippen LogP contribution in [0.3, 0.4) is 0 Å². The van der Waals surface area contributed by atoms with Crippen LogP contribution < -0.4 is 5.32 Å². The smallest absolute Gasteiger partial charge is 0.0207 e. The summed E-state index contributed by atoms with van der Waals surface area (Å²) in [7, 11) is 0. The lowest BCUT2D eigenvalue weighted by Gasteiger charge is -2.16. The molecule has 1 aromatic carbocycles. The SMILES string of the molecule is CCCNCC(CC)Cc1ccccc1Br. The van der Waals surface area contributed by atoms with Crippen LogP contribution in [0.4, 0.5) is 0 Å². The molecule has 1 N–H and O–H groups in total. The second-order valence-corrected chi connectivity index (χ2v) is 5.13. The lowest BCUT2D eigenvalue weighted by molar-refractivity contribution is 0.460. The molecular formula is C14H22BrN. The third-order valence-electron chi connectivity index (χ3n) is 2.90. The summed E-state index contributed by atoms with van der Waals surface area (Å²) < 4.78 is 1.24. The highest BCUT2D eigenvalue weighted by Gasteiger charge is 2.08. The van der Waals surface area contributed by atoms with E-state index in [0.29, 0.717) is 0 Å². The van der Waals surface area contributed by atoms with Gasteiger partial charge in [0.25, 0.3) is 0 Å². The minimum Gasteiger partial charge on any atom is -0.316 e. The highest BCUT2D eigenvalue weighted by molar-refractivity contribution is 9.10. The van der Waals surface area contributed by atoms with Crippen molar-refractivity contribution in [1.82, 2.24) is 5.32 Å². The molecule has 0 aliphatic carbocycles. The van der Waals surface area contributed by atoms with Crippen molar-refractivity contribution in [3.05, 3.63) is 34.3 Å². The van der Waals surface area contributed by atoms with E-state index in [1.54, 1.807) is 0 Å². The van der Waals surface area contributed by atoms with Crippen LogP contribution >= 0.6 is 15.9 Å². The summed E-state index contributed by atoms with van der Waals surface area (Å²) in [5.41, 5.74) is 1.42. The predicted octanol–water partition coefficient (Wildman–Crippen LogP) is 4.02. The summed E-state index contributed by atoms with van der Waals surface area (Å²) in [5.74, 6) is 0.741. The van der Waals surface area contributed by atoms with Gasteiger partial charge in [-0.05, 0) is 43.5 Å². The van der Waals surface area contributed by atoms with Gasteiger partial charge in [-0.3, -0.25) is 0 Å². The van der Waals surface area contributed by atoms with Crippen molar-refractivity contribution >= 4 is 15.9 Å². The number of hydrogen-bond acceptors (Lipinski definition) is 1. The minimum atomic E-state index is 0.741. The van der Waals surface area contributed by atoms with E-state index < -0.39 is 0 Å². The van der Waals surface area contributed by atoms with Crippen LogP contribution in [0.25, 0.3) is 0 Å². The Morgan fingerprint density at radius 3 is 2.62 bits per heavy atom. The number of halogens is 1. The summed E-state index contributed by atoms with van der Waals surface area (Å²) in [6.07, 6.45) is 3.61. The molecule has 2 heteroatoms. The summed E-state index contributed by atoms with van der Waals surface area (Å²) in [6.45, 7) is 6.75. The van der Waals surface area contributed by atoms with E-state index in [1.807, 2.05) is 0 Å². The van der Waals surface area contributed by atoms with Crippen molar-refractivity contribution in [1.29, 1.82) is 0 Å². The third-order valence-corrected chi connectivity index (χ3v) is 3.68. The molecule has 1 rings (SSSR count). The first-order valence-corrected chi connectivity index (χ1v) is 7.01. The largest absolute Gasteiger partial charge is 0.316 e. The normalized spacial score (nSPS) is 12.7. The van der Waals surface area contributed by atoms with Gasteiger partial charge in [0.15, 0.2) is 0 Å². The second-order valence-electron chi connectivity index (χ2n) is 4.27. The van der Waals surface area contributed by atoms with Gasteiger partial charge < -0.3 is 5.32 Å². The third kappa shape index (κ3) is 4.67. The van der Waals surface area contributed by atoms with Gasteiger partial charge in [0.1, 0.15) is 0 Å². The Morgan fingerprint density at radius 1 is 1.25 bits per heavy atom. The first-order chi connectivity index (χ1) is 7.77. The average Bonchev–Trinajstić information content (AvgIpc) is 2.30. The predicted molar refractivity (Wildman–Crippen MR) is 74.8 cm³/mol. The summed E-state index contributed by atoms with van der Waals surface area (Å²) in [4.78, 5) is 0. The van der Waals surface area contributed by atoms with Gasteiger partial charge in [0, 0.05) is 4.47 Å². The van der Waals surface area contributed by atoms with Crippen LogP contribution in [-0.4, -0.2) is 13.1 Å². The maximum absolute atomic E-state index is 3.62. The lowest BCUT2D eigenvalue weighted by atomic mass is 9.97. The molecule has 0 saturated carbocycles. The molecule has 1 nitrogen and oxygen atoms in total. The Morgan fingerprint density at radius 2 is 2.00 bits per heavy atom. The van der Waals surface area contributed by atoms with Gasteiger partial charge in [-0.15, -0.1) is 0 Å². The van der Waals surface area contributed by atoms with Gasteiger partial charge in [-0.2, -0.15) is 0 Å². The van der Waals surface area contributed by atoms with Crippen LogP contribution in [0.5, 0.6) is 0 Å². The highest BCUT2D eigenvalue weighted by atomic mass is 79.9. The molecule has 0 amide bonds. The first-order valence-electron chi connectivity index (χ1n) is 6.22. The average molecular weight is 284 g/mol. The first kappa shape index (κ1) is 13.7. The van der Waals surface area contributed by atoms with Crippen LogP contribution in [0.15, 0.2) is 28.7 Å². The molecule has 1 atom stereocenters. The van der Waals surface area contributed by atoms with E-state index >= 15 is 0 Å². The van der Waals surface area contributed by atoms with Crippen molar-refractivity contribution in [3.63, 3.8) is 0 Å². The fraction of sp³-hybridized carbons (Fsp3) is 0.571. The van der Waals surface area contributed by atoms with Crippen LogP contribution in [0.2, 0.25) is 0 Å². The standard InChI is InChI=1S/C14H22BrN/c1-3-9-16-11-12(4-2)10-13-7-5-6-8-14(13)15/h5-8,12,16H,3-4,9-11H2,1-2H3. The summed E-state index contributed by atoms with van der Waals surface area (Å²) in [5, 5.41) is 3.51. The number of nitrogens with one attached hydrogen (secondary N) is 1. The van der Waals surface area contributed by atoms with Gasteiger partial charge in [-0.1, -0.05) is 54.4 Å². The number of hydrogen-bond donors (Lipinski definition) is 1. The van der Waals surface area contributed by atoms with E-state index in [2.05, 4.69) is 59.4 Å². The fourth-order valence-electron chi connectivity index (χ4n) is 1.82. The molecule has 0 aliphatic heterocycles. The molecule has 0 saturated heterocycles. The van der Waals surface area contributed by atoms with Crippen LogP contribution in [0.1, 0.15) is 32.3 Å². The molecule has 0 aliphatic rings. The van der Waals surface area contributed by atoms with E-state index in [9.17, 15) is 0 Å². The molecule has 0 bridgehead atoms. The Hall–Kier alpha value is -0.340. The van der Waals surface area contributed by atoms with Gasteiger partial charge >= 0.3 is 0 Å². The quantitative estimate of drug-likeness (QED) is 0.746. The highest BCUT2D eigenvalue weighted by Crippen LogP contribution is 2.20. The monoisotopic (exact) mass is 283 g/mol. The van der Waals surface area contributed by atoms with Crippen molar-refractivity contribution in [2.75, 3.05) is 13.1 Å². The molecule has 0 aromatic heterocycles. The number of benzene rings is 1. The van der Waals surface area contributed by atoms with E-state index in [-0.39, 0.29) is 0 Å². The van der Waals surface area contributed by atoms with Crippen LogP contribution in [-0.2, 0) is 6.42 Å². The molecule has 0 fully saturated rings. The van der Waals surface area contributed by atoms with Crippen molar-refractivity contribution < 1.29 is 0 Å². The van der Waals surface area contributed by atoms with Gasteiger partial charge in [-0.25, -0.2) is 0 Å². The molecule has 0 radical (unpaired) electrons. The maximum Gasteiger partial charge on any atom is 0.0207 e. The van der Waals surface area contributed by atoms with Crippen LogP contribution in [0, 0.1) is 5.92 Å². The topological polar surface area (TPSA) is 12.0 Å². The zero-order chi connectivity index (χ0) is 11.8. The fourth-order valence-corrected chi connectivity index (χ4v) is 2.27. The Balaban J connectivity index is 2.46. The minimum absolute atomic E-state index is 0.741. The van der Waals surface area contributed by atoms with Gasteiger partial charge in [0.05, 0.1) is 0 Å². The molecule has 1 aromatic rings. The summed E-state index contributed by atoms with van der Waals surface area (Å²) >= 11 is 3.62. The maximum atomic E-state index is 3.62. The van der Waals surface area contributed by atoms with E-state index in [1.165, 1.54) is 22.9 Å². The Kier molecular flexibility index (Phi) is 6.74. The zero-order valence-electron chi connectivity index (χ0n) is 10.3. The molecular weight excluding hydrogens is 262 g/mol. The molecule has 1 unspecified atom stereocenters. The zero-order valence-corrected chi connectivity index (χ0v) is 11.9. The number of rotatable bonds is 7. The molecule has 0 spiro atoms. The lowest BCUT2D eigenvalue weighted by Crippen LogP contribution is -2.24. The molecule has 0 heterocycles. The Labute approximate surface area is 108 Å². The van der Waals surface area contributed by atoms with Crippen molar-refractivity contribution in [2.24, 2.45) is 5.92 Å². The second kappa shape index (κ2) is 7.86. The van der Waals surface area contributed by atoms with E-state index in [0.717, 1.165) is 25.4 Å². The van der Waals surface area contributed by atoms with Crippen molar-refractivity contribution in [2.45, 2.75) is 33.1 Å². The van der Waals surface area contributed by atoms with Gasteiger partial charge in [0.2, 0.25) is 0 Å². The van der Waals surface area contributed by atoms with E-state index in [4.69, 9.17) is 0 Å². The molecule has 90 valence electrons.